The molecular formula is C34H47ClF4N5NaO5. The Balaban J connectivity index is 0. The van der Waals surface area contributed by atoms with Crippen LogP contribution in [0.5, 0.6) is 11.8 Å². The van der Waals surface area contributed by atoms with Crippen molar-refractivity contribution < 1.29 is 73.7 Å². The normalized spacial score (nSPS) is 16.5. The van der Waals surface area contributed by atoms with Crippen molar-refractivity contribution in [2.75, 3.05) is 33.3 Å². The topological polar surface area (TPSA) is 116 Å². The number of hydrogen-bond acceptors (Lipinski definition) is 9. The van der Waals surface area contributed by atoms with Crippen LogP contribution in [-0.2, 0) is 9.53 Å². The van der Waals surface area contributed by atoms with Crippen LogP contribution in [0.4, 0.5) is 22.4 Å². The smallest absolute Gasteiger partial charge is 1.00 e. The number of aldehydes is 1. The fourth-order valence-corrected chi connectivity index (χ4v) is 4.00. The van der Waals surface area contributed by atoms with Crippen molar-refractivity contribution in [2.24, 2.45) is 0 Å². The molecular weight excluding hydrogens is 693 g/mol. The van der Waals surface area contributed by atoms with Gasteiger partial charge in [0.2, 0.25) is 18.0 Å². The maximum absolute atomic E-state index is 11.9. The SMILES string of the molecule is Cc1ccc(Cl)nc1.Cc1ccc(O[C@@H]2CCN(C(=O)OC(C)(C)C)C2)nc1.Cc1ccc(O[C@@H]2CCNC2)nc1.O=CC(F)(F)F.[2H]CF.[H-].[Na+]. The molecule has 50 heavy (non-hydrogen) atoms. The van der Waals surface area contributed by atoms with E-state index in [2.05, 4.69) is 20.3 Å². The van der Waals surface area contributed by atoms with E-state index in [0.29, 0.717) is 30.2 Å². The van der Waals surface area contributed by atoms with Crippen LogP contribution in [0.25, 0.3) is 0 Å². The van der Waals surface area contributed by atoms with Crippen LogP contribution in [0.3, 0.4) is 0 Å². The number of aryl methyl sites for hydroxylation is 3. The average Bonchev–Trinajstić information content (AvgIpc) is 3.74. The minimum absolute atomic E-state index is 0. The molecule has 0 spiro atoms. The van der Waals surface area contributed by atoms with E-state index < -0.39 is 25.2 Å². The van der Waals surface area contributed by atoms with Crippen molar-refractivity contribution in [3.05, 3.63) is 76.8 Å². The van der Waals surface area contributed by atoms with Gasteiger partial charge in [-0.1, -0.05) is 29.8 Å². The molecule has 3 aromatic rings. The van der Waals surface area contributed by atoms with Gasteiger partial charge in [0.15, 0.2) is 0 Å². The number of pyridine rings is 3. The van der Waals surface area contributed by atoms with Gasteiger partial charge in [0.1, 0.15) is 23.0 Å². The zero-order chi connectivity index (χ0) is 37.7. The van der Waals surface area contributed by atoms with Gasteiger partial charge in [-0.25, -0.2) is 19.7 Å². The molecule has 2 aliphatic rings. The summed E-state index contributed by atoms with van der Waals surface area (Å²) in [4.78, 5) is 34.6. The van der Waals surface area contributed by atoms with Crippen molar-refractivity contribution in [3.63, 3.8) is 0 Å². The summed E-state index contributed by atoms with van der Waals surface area (Å²) in [5, 5.41) is 3.80. The molecule has 2 aliphatic heterocycles. The third-order valence-corrected chi connectivity index (χ3v) is 6.39. The number of nitrogens with zero attached hydrogens (tertiary/aromatic N) is 4. The second-order valence-electron chi connectivity index (χ2n) is 11.9. The standard InChI is InChI=1S/C15H22N2O3.C10H14N2O.C6H6ClN.C2HF3O.CH3F.Na.H/c1-11-5-6-13(16-9-11)19-12-7-8-17(10-12)14(18)20-15(2,3)4;1-8-2-3-10(12-6-8)13-9-4-5-11-7-9;1-5-2-3-6(7)8-4-5;3-2(4,5)1-6;1-2;;/h5-6,9,12H,7-8,10H2,1-4H3;2-3,6,9,11H,4-5,7H2,1H3;2-4H,1H3;1H;1H3;;/q;;;;;+1;-1/t12-;9-;;;;;/m11...../s1/i;;;;1D;;. The summed E-state index contributed by atoms with van der Waals surface area (Å²) in [5.74, 6) is 1.34. The molecule has 0 saturated carbocycles. The monoisotopic (exact) mass is 740 g/mol. The number of alkyl halides is 4. The number of carbonyl (C=O) groups is 2. The van der Waals surface area contributed by atoms with Crippen LogP contribution in [0.1, 0.15) is 53.1 Å². The molecule has 5 heterocycles. The van der Waals surface area contributed by atoms with E-state index in [0.717, 1.165) is 48.5 Å². The predicted octanol–water partition coefficient (Wildman–Crippen LogP) is 4.40. The van der Waals surface area contributed by atoms with Gasteiger partial charge in [-0.2, -0.15) is 13.2 Å². The van der Waals surface area contributed by atoms with Crippen LogP contribution < -0.4 is 44.3 Å². The van der Waals surface area contributed by atoms with Crippen LogP contribution in [0, 0.1) is 20.8 Å². The molecule has 274 valence electrons. The van der Waals surface area contributed by atoms with E-state index in [-0.39, 0.29) is 43.2 Å². The largest absolute Gasteiger partial charge is 1.00 e. The van der Waals surface area contributed by atoms with Gasteiger partial charge in [-0.15, -0.1) is 0 Å². The van der Waals surface area contributed by atoms with Gasteiger partial charge in [0.25, 0.3) is 0 Å². The number of amides is 1. The van der Waals surface area contributed by atoms with Crippen molar-refractivity contribution in [1.82, 2.24) is 25.2 Å². The first-order valence-corrected chi connectivity index (χ1v) is 15.7. The first-order chi connectivity index (χ1) is 23.4. The number of aromatic nitrogens is 3. The number of likely N-dealkylation sites (tertiary alicyclic amines) is 1. The molecule has 16 heteroatoms. The molecule has 1 N–H and O–H groups in total. The molecule has 2 atom stereocenters. The number of carbonyl (C=O) groups excluding carboxylic acids is 2. The predicted molar refractivity (Wildman–Crippen MR) is 181 cm³/mol. The molecule has 0 unspecified atom stereocenters. The van der Waals surface area contributed by atoms with E-state index in [4.69, 9.17) is 32.0 Å². The zero-order valence-corrected chi connectivity index (χ0v) is 32.4. The third kappa shape index (κ3) is 21.9. The number of nitrogens with one attached hydrogen (secondary N) is 1. The second-order valence-corrected chi connectivity index (χ2v) is 12.2. The summed E-state index contributed by atoms with van der Waals surface area (Å²) >= 11 is 5.50. The van der Waals surface area contributed by atoms with Crippen molar-refractivity contribution in [2.45, 2.75) is 78.4 Å². The Morgan fingerprint density at radius 3 is 1.78 bits per heavy atom. The van der Waals surface area contributed by atoms with Crippen molar-refractivity contribution >= 4 is 24.0 Å². The van der Waals surface area contributed by atoms with Crippen molar-refractivity contribution in [1.29, 1.82) is 0 Å². The maximum Gasteiger partial charge on any atom is 1.00 e. The fourth-order valence-electron chi connectivity index (χ4n) is 3.88. The van der Waals surface area contributed by atoms with E-state index in [9.17, 15) is 22.4 Å². The molecule has 3 aromatic heterocycles. The molecule has 0 radical (unpaired) electrons. The summed E-state index contributed by atoms with van der Waals surface area (Å²) in [6, 6.07) is 11.5. The number of ether oxygens (including phenoxy) is 3. The zero-order valence-electron chi connectivity index (χ0n) is 31.6. The van der Waals surface area contributed by atoms with Gasteiger partial charge in [0, 0.05) is 50.2 Å². The molecule has 0 aliphatic carbocycles. The number of rotatable bonds is 4. The Kier molecular flexibility index (Phi) is 21.8. The van der Waals surface area contributed by atoms with Gasteiger partial charge in [0.05, 0.1) is 15.1 Å². The Morgan fingerprint density at radius 1 is 0.940 bits per heavy atom. The van der Waals surface area contributed by atoms with Gasteiger partial charge in [-0.05, 0) is 77.3 Å². The molecule has 2 saturated heterocycles. The van der Waals surface area contributed by atoms with Crippen LogP contribution in [-0.4, -0.2) is 89.5 Å². The molecule has 1 amide bonds. The van der Waals surface area contributed by atoms with Gasteiger partial charge < -0.3 is 25.9 Å². The number of halogens is 5. The minimum Gasteiger partial charge on any atom is -1.00 e. The Bertz CT molecular complexity index is 1370. The van der Waals surface area contributed by atoms with E-state index in [1.807, 2.05) is 78.1 Å². The summed E-state index contributed by atoms with van der Waals surface area (Å²) in [6.45, 7) is 14.8. The third-order valence-electron chi connectivity index (χ3n) is 6.16. The number of hydrogen-bond donors (Lipinski definition) is 1. The van der Waals surface area contributed by atoms with E-state index in [1.54, 1.807) is 23.4 Å². The molecule has 0 aromatic carbocycles. The second kappa shape index (κ2) is 24.2. The summed E-state index contributed by atoms with van der Waals surface area (Å²) in [6.07, 6.45) is 1.53. The average molecular weight is 741 g/mol. The quantitative estimate of drug-likeness (QED) is 0.180. The van der Waals surface area contributed by atoms with E-state index >= 15 is 0 Å². The molecule has 5 rings (SSSR count). The molecule has 10 nitrogen and oxygen atoms in total. The first kappa shape index (κ1) is 45.0. The van der Waals surface area contributed by atoms with Crippen LogP contribution in [0.15, 0.2) is 55.0 Å². The summed E-state index contributed by atoms with van der Waals surface area (Å²) < 4.78 is 63.5. The summed E-state index contributed by atoms with van der Waals surface area (Å²) in [5.41, 5.74) is 2.93. The van der Waals surface area contributed by atoms with Gasteiger partial charge in [-0.3, -0.25) is 9.18 Å². The first-order valence-electron chi connectivity index (χ1n) is 16.0. The fraction of sp³-hybridized carbons (Fsp3) is 0.500. The minimum atomic E-state index is -4.64. The molecule has 0 bridgehead atoms. The Labute approximate surface area is 321 Å². The van der Waals surface area contributed by atoms with E-state index in [1.165, 1.54) is 0 Å². The Hall–Kier alpha value is -3.04. The Morgan fingerprint density at radius 2 is 1.42 bits per heavy atom. The van der Waals surface area contributed by atoms with Crippen molar-refractivity contribution in [3.8, 4) is 11.8 Å². The maximum atomic E-state index is 11.9. The summed E-state index contributed by atoms with van der Waals surface area (Å²) in [7, 11) is -1.00. The molecule has 2 fully saturated rings. The van der Waals surface area contributed by atoms with Crippen LogP contribution >= 0.6 is 11.6 Å². The van der Waals surface area contributed by atoms with Gasteiger partial charge >= 0.3 is 41.8 Å². The van der Waals surface area contributed by atoms with Crippen LogP contribution in [0.2, 0.25) is 5.15 Å².